The monoisotopic (exact) mass is 1070 g/mol. The lowest BCUT2D eigenvalue weighted by molar-refractivity contribution is -0.166. The van der Waals surface area contributed by atoms with Crippen LogP contribution >= 0.6 is 23.5 Å². The predicted octanol–water partition coefficient (Wildman–Crippen LogP) is 0.883. The number of carboxylic acid groups (broad SMARTS) is 2. The normalized spacial score (nSPS) is 13.6. The zero-order valence-electron chi connectivity index (χ0n) is 40.5. The van der Waals surface area contributed by atoms with Gasteiger partial charge in [-0.1, -0.05) is 72.8 Å². The SMILES string of the molecule is CSCC[C@H](NC(=O)[C@H](Cc1ccc(C(F)(F)C(=O)O)cc1)NC(C)=O)C(=O)NCC(=O)N[C@@H](Cc1c[nH]c2ccccc12)C(=O)N[C@@H](CCSC)C(=O)N[C@@H](CC(=O)O)C(=O)N[C@@H](Cc1ccccc1)C(N)=O. The van der Waals surface area contributed by atoms with Gasteiger partial charge in [-0.15, -0.1) is 0 Å². The highest BCUT2D eigenvalue weighted by Crippen LogP contribution is 2.28. The molecule has 25 heteroatoms. The summed E-state index contributed by atoms with van der Waals surface area (Å²) in [7, 11) is 0. The standard InChI is InChI=1S/C49H59F2N9O12S2/c1-27(61)55-37(22-29-13-15-31(16-14-29)49(50,51)48(71)72)45(68)57-34(17-19-73-2)43(66)54-26-40(62)56-38(23-30-25-53-33-12-8-7-11-32(30)33)46(69)58-35(18-20-74-3)44(67)60-39(24-41(63)64)47(70)59-36(42(52)65)21-28-9-5-4-6-10-28/h4-16,25,34-39,53H,17-24,26H2,1-3H3,(H2,52,65)(H,54,66)(H,55,61)(H,56,62)(H,57,68)(H,58,69)(H,59,70)(H,60,67)(H,63,64)(H,71,72)/t34-,35-,36-,37-,38-,39-/m0/s1. The number of hydrogen-bond donors (Lipinski definition) is 11. The molecule has 0 saturated heterocycles. The lowest BCUT2D eigenvalue weighted by Gasteiger charge is -2.26. The second kappa shape index (κ2) is 28.6. The number of carboxylic acids is 2. The number of aromatic nitrogens is 1. The molecule has 12 N–H and O–H groups in total. The minimum Gasteiger partial charge on any atom is -0.481 e. The van der Waals surface area contributed by atoms with E-state index < -0.39 is 120 Å². The zero-order chi connectivity index (χ0) is 54.5. The Morgan fingerprint density at radius 1 is 0.608 bits per heavy atom. The molecule has 4 aromatic rings. The first-order chi connectivity index (χ1) is 35.1. The van der Waals surface area contributed by atoms with Crippen LogP contribution in [0.15, 0.2) is 85.1 Å². The second-order valence-electron chi connectivity index (χ2n) is 16.9. The Balaban J connectivity index is 1.51. The molecule has 0 aliphatic rings. The van der Waals surface area contributed by atoms with Gasteiger partial charge >= 0.3 is 17.9 Å². The molecule has 398 valence electrons. The van der Waals surface area contributed by atoms with Gasteiger partial charge in [-0.05, 0) is 59.6 Å². The number of nitrogens with two attached hydrogens (primary N) is 1. The molecule has 8 amide bonds. The van der Waals surface area contributed by atoms with Crippen LogP contribution in [0.3, 0.4) is 0 Å². The van der Waals surface area contributed by atoms with Gasteiger partial charge in [0.15, 0.2) is 0 Å². The maximum Gasteiger partial charge on any atom is 0.379 e. The molecule has 0 fully saturated rings. The summed E-state index contributed by atoms with van der Waals surface area (Å²) in [6.45, 7) is 0.415. The number of thioether (sulfide) groups is 2. The lowest BCUT2D eigenvalue weighted by atomic mass is 10.0. The Bertz CT molecular complexity index is 2640. The number of carbonyl (C=O) groups is 10. The van der Waals surface area contributed by atoms with Crippen molar-refractivity contribution in [1.29, 1.82) is 0 Å². The number of H-pyrrole nitrogens is 1. The summed E-state index contributed by atoms with van der Waals surface area (Å²) in [6, 6.07) is 11.4. The fraction of sp³-hybridized carbons (Fsp3) is 0.388. The van der Waals surface area contributed by atoms with Crippen LogP contribution in [0.25, 0.3) is 10.9 Å². The van der Waals surface area contributed by atoms with E-state index in [0.29, 0.717) is 33.5 Å². The molecule has 0 bridgehead atoms. The van der Waals surface area contributed by atoms with Crippen molar-refractivity contribution < 1.29 is 66.9 Å². The van der Waals surface area contributed by atoms with Crippen molar-refractivity contribution in [1.82, 2.24) is 42.2 Å². The molecule has 74 heavy (non-hydrogen) atoms. The van der Waals surface area contributed by atoms with E-state index in [1.54, 1.807) is 73.3 Å². The molecular formula is C49H59F2N9O12S2. The van der Waals surface area contributed by atoms with Crippen LogP contribution in [0.2, 0.25) is 0 Å². The molecule has 0 aliphatic heterocycles. The number of fused-ring (bicyclic) bond motifs is 1. The molecule has 0 saturated carbocycles. The molecule has 1 heterocycles. The number of rotatable bonds is 30. The quantitative estimate of drug-likeness (QED) is 0.0346. The first-order valence-electron chi connectivity index (χ1n) is 23.0. The van der Waals surface area contributed by atoms with Gasteiger partial charge in [-0.3, -0.25) is 43.2 Å². The number of alkyl halides is 2. The number of halogens is 2. The number of primary amides is 1. The summed E-state index contributed by atoms with van der Waals surface area (Å²) in [4.78, 5) is 133. The van der Waals surface area contributed by atoms with Crippen molar-refractivity contribution in [2.24, 2.45) is 5.73 Å². The molecule has 0 radical (unpaired) electrons. The van der Waals surface area contributed by atoms with Gasteiger partial charge in [0.1, 0.15) is 36.3 Å². The van der Waals surface area contributed by atoms with Crippen LogP contribution in [-0.2, 0) is 73.1 Å². The van der Waals surface area contributed by atoms with Gasteiger partial charge in [-0.2, -0.15) is 32.3 Å². The van der Waals surface area contributed by atoms with Crippen molar-refractivity contribution in [2.75, 3.05) is 30.6 Å². The van der Waals surface area contributed by atoms with E-state index in [1.807, 2.05) is 0 Å². The minimum atomic E-state index is -4.18. The third kappa shape index (κ3) is 18.2. The van der Waals surface area contributed by atoms with Gasteiger partial charge in [0, 0.05) is 48.8 Å². The average molecular weight is 1070 g/mol. The third-order valence-corrected chi connectivity index (χ3v) is 12.6. The fourth-order valence-electron chi connectivity index (χ4n) is 7.48. The van der Waals surface area contributed by atoms with Gasteiger partial charge in [0.25, 0.3) is 0 Å². The molecule has 0 unspecified atom stereocenters. The summed E-state index contributed by atoms with van der Waals surface area (Å²) in [5, 5.41) is 36.8. The van der Waals surface area contributed by atoms with Crippen molar-refractivity contribution in [3.63, 3.8) is 0 Å². The highest BCUT2D eigenvalue weighted by atomic mass is 32.2. The number of hydrogen-bond acceptors (Lipinski definition) is 12. The smallest absolute Gasteiger partial charge is 0.379 e. The maximum absolute atomic E-state index is 14.3. The molecule has 4 rings (SSSR count). The lowest BCUT2D eigenvalue weighted by Crippen LogP contribution is -2.59. The Hall–Kier alpha value is -7.54. The number of benzene rings is 3. The minimum absolute atomic E-state index is 0.0220. The Morgan fingerprint density at radius 3 is 1.68 bits per heavy atom. The van der Waals surface area contributed by atoms with Crippen LogP contribution in [0, 0.1) is 0 Å². The molecule has 3 aromatic carbocycles. The van der Waals surface area contributed by atoms with Crippen molar-refractivity contribution in [3.8, 4) is 0 Å². The molecule has 6 atom stereocenters. The molecule has 0 spiro atoms. The first-order valence-corrected chi connectivity index (χ1v) is 25.8. The van der Waals surface area contributed by atoms with Crippen molar-refractivity contribution in [3.05, 3.63) is 107 Å². The molecule has 21 nitrogen and oxygen atoms in total. The molecule has 1 aromatic heterocycles. The summed E-state index contributed by atoms with van der Waals surface area (Å²) in [5.74, 6) is -14.3. The number of amides is 8. The van der Waals surface area contributed by atoms with E-state index in [-0.39, 0.29) is 37.7 Å². The molecule has 0 aliphatic carbocycles. The van der Waals surface area contributed by atoms with E-state index in [4.69, 9.17) is 10.8 Å². The number of aliphatic carboxylic acids is 2. The van der Waals surface area contributed by atoms with Crippen LogP contribution in [-0.4, -0.2) is 141 Å². The van der Waals surface area contributed by atoms with Gasteiger partial charge in [0.2, 0.25) is 47.3 Å². The van der Waals surface area contributed by atoms with E-state index >= 15 is 0 Å². The highest BCUT2D eigenvalue weighted by molar-refractivity contribution is 7.98. The van der Waals surface area contributed by atoms with E-state index in [2.05, 4.69) is 42.2 Å². The van der Waals surface area contributed by atoms with Gasteiger partial charge in [-0.25, -0.2) is 4.79 Å². The molecular weight excluding hydrogens is 1010 g/mol. The number of para-hydroxylation sites is 1. The van der Waals surface area contributed by atoms with Crippen LogP contribution < -0.4 is 43.0 Å². The average Bonchev–Trinajstić information content (AvgIpc) is 3.77. The Labute approximate surface area is 432 Å². The van der Waals surface area contributed by atoms with Crippen LogP contribution in [0.1, 0.15) is 48.4 Å². The van der Waals surface area contributed by atoms with Crippen molar-refractivity contribution >= 4 is 93.6 Å². The van der Waals surface area contributed by atoms with Gasteiger partial charge in [0.05, 0.1) is 13.0 Å². The topological polar surface area (TPSA) is 337 Å². The maximum atomic E-state index is 14.3. The van der Waals surface area contributed by atoms with E-state index in [0.717, 1.165) is 19.1 Å². The fourth-order valence-corrected chi connectivity index (χ4v) is 8.43. The van der Waals surface area contributed by atoms with Crippen molar-refractivity contribution in [2.45, 2.75) is 87.6 Å². The zero-order valence-corrected chi connectivity index (χ0v) is 42.2. The van der Waals surface area contributed by atoms with Crippen LogP contribution in [0.5, 0.6) is 0 Å². The summed E-state index contributed by atoms with van der Waals surface area (Å²) in [5.41, 5.74) is 6.96. The van der Waals surface area contributed by atoms with E-state index in [1.165, 1.54) is 35.7 Å². The van der Waals surface area contributed by atoms with E-state index in [9.17, 15) is 61.8 Å². The summed E-state index contributed by atoms with van der Waals surface area (Å²) >= 11 is 2.66. The predicted molar refractivity (Wildman–Crippen MR) is 272 cm³/mol. The van der Waals surface area contributed by atoms with Gasteiger partial charge < -0.3 is 58.1 Å². The number of aromatic amines is 1. The number of carbonyl (C=O) groups excluding carboxylic acids is 8. The largest absolute Gasteiger partial charge is 0.481 e. The summed E-state index contributed by atoms with van der Waals surface area (Å²) < 4.78 is 28.1. The summed E-state index contributed by atoms with van der Waals surface area (Å²) in [6.07, 6.45) is 3.81. The number of nitrogens with one attached hydrogen (secondary N) is 8. The first kappa shape index (κ1) is 59.0. The highest BCUT2D eigenvalue weighted by Gasteiger charge is 2.41. The van der Waals surface area contributed by atoms with Crippen LogP contribution in [0.4, 0.5) is 8.78 Å². The Morgan fingerprint density at radius 2 is 1.11 bits per heavy atom. The third-order valence-electron chi connectivity index (χ3n) is 11.3. The second-order valence-corrected chi connectivity index (χ2v) is 18.9. The Kier molecular flexibility index (Phi) is 22.8.